The Morgan fingerprint density at radius 2 is 0.958 bits per heavy atom. The summed E-state index contributed by atoms with van der Waals surface area (Å²) in [5.74, 6) is -1.21. The van der Waals surface area contributed by atoms with Crippen molar-refractivity contribution in [1.82, 2.24) is 0 Å². The van der Waals surface area contributed by atoms with Crippen molar-refractivity contribution in [2.75, 3.05) is 4.90 Å². The number of hydrogen-bond donors (Lipinski definition) is 1. The number of carboxylic acid groups (broad SMARTS) is 1. The molecule has 0 fully saturated rings. The lowest BCUT2D eigenvalue weighted by Crippen LogP contribution is -2.19. The van der Waals surface area contributed by atoms with E-state index >= 15 is 0 Å². The number of unbranched alkanes of at least 4 members (excludes halogenated alkanes) is 8. The minimum Gasteiger partial charge on any atom is -0.477 e. The second kappa shape index (κ2) is 19.2. The summed E-state index contributed by atoms with van der Waals surface area (Å²) < 4.78 is 0. The van der Waals surface area contributed by atoms with E-state index in [1.807, 2.05) is 18.2 Å². The highest BCUT2D eigenvalue weighted by Crippen LogP contribution is 2.57. The average Bonchev–Trinajstić information content (AvgIpc) is 4.15. The van der Waals surface area contributed by atoms with Gasteiger partial charge in [-0.15, -0.1) is 22.7 Å². The molecular formula is C65H68N2O2S2. The number of carboxylic acids is 1. The zero-order valence-electron chi connectivity index (χ0n) is 43.0. The second-order valence-electron chi connectivity index (χ2n) is 22.0. The Morgan fingerprint density at radius 1 is 0.521 bits per heavy atom. The molecule has 3 aliphatic carbocycles. The Hall–Kier alpha value is -6.00. The SMILES string of the molecule is CCCCCCCc1ccc2c(c1)C(C)(C)c1cc(N(c3ccc4c(c3)C(C)(C)c3cc(CCCCCCC)ccc3-4)c3ccc4c(c3)C(C)(C)c3cc(-c5ccc(/C=C(/C#N)C(=O)O)s5)sc3-4)ccc1-2. The summed E-state index contributed by atoms with van der Waals surface area (Å²) in [6, 6.07) is 44.2. The van der Waals surface area contributed by atoms with Crippen LogP contribution in [0.1, 0.15) is 169 Å². The molecule has 5 aromatic carbocycles. The molecule has 0 spiro atoms. The van der Waals surface area contributed by atoms with Crippen LogP contribution in [-0.4, -0.2) is 11.1 Å². The van der Waals surface area contributed by atoms with Crippen LogP contribution in [0.5, 0.6) is 0 Å². The minimum absolute atomic E-state index is 0.153. The number of rotatable bonds is 18. The van der Waals surface area contributed by atoms with E-state index in [-0.39, 0.29) is 21.8 Å². The lowest BCUT2D eigenvalue weighted by Gasteiger charge is -2.31. The van der Waals surface area contributed by atoms with Gasteiger partial charge in [0.15, 0.2) is 0 Å². The fourth-order valence-corrected chi connectivity index (χ4v) is 14.4. The molecule has 0 atom stereocenters. The van der Waals surface area contributed by atoms with E-state index in [1.54, 1.807) is 11.3 Å². The van der Waals surface area contributed by atoms with Crippen LogP contribution in [0.3, 0.4) is 0 Å². The van der Waals surface area contributed by atoms with Crippen molar-refractivity contribution in [3.8, 4) is 48.5 Å². The molecule has 0 unspecified atom stereocenters. The topological polar surface area (TPSA) is 64.3 Å². The van der Waals surface area contributed by atoms with E-state index in [4.69, 9.17) is 0 Å². The van der Waals surface area contributed by atoms with Crippen LogP contribution >= 0.6 is 22.7 Å². The van der Waals surface area contributed by atoms with Gasteiger partial charge in [-0.3, -0.25) is 0 Å². The summed E-state index contributed by atoms with van der Waals surface area (Å²) in [5.41, 5.74) is 20.5. The van der Waals surface area contributed by atoms with Crippen molar-refractivity contribution in [2.24, 2.45) is 0 Å². The molecule has 0 aliphatic heterocycles. The lowest BCUT2D eigenvalue weighted by atomic mass is 9.81. The summed E-state index contributed by atoms with van der Waals surface area (Å²) in [4.78, 5) is 18.3. The third-order valence-electron chi connectivity index (χ3n) is 16.2. The number of hydrogen-bond acceptors (Lipinski definition) is 5. The molecule has 2 aromatic heterocycles. The Morgan fingerprint density at radius 3 is 1.44 bits per heavy atom. The average molecular weight is 973 g/mol. The molecular weight excluding hydrogens is 905 g/mol. The van der Waals surface area contributed by atoms with Crippen molar-refractivity contribution < 1.29 is 9.90 Å². The molecule has 0 saturated carbocycles. The highest BCUT2D eigenvalue weighted by molar-refractivity contribution is 7.24. The maximum absolute atomic E-state index is 11.6. The van der Waals surface area contributed by atoms with E-state index in [0.29, 0.717) is 0 Å². The Balaban J connectivity index is 1.03. The molecule has 362 valence electrons. The van der Waals surface area contributed by atoms with E-state index in [2.05, 4.69) is 157 Å². The normalized spacial score (nSPS) is 15.1. The molecule has 0 saturated heterocycles. The number of nitriles is 1. The number of anilines is 3. The maximum Gasteiger partial charge on any atom is 0.346 e. The summed E-state index contributed by atoms with van der Waals surface area (Å²) in [7, 11) is 0. The summed E-state index contributed by atoms with van der Waals surface area (Å²) in [6.45, 7) is 18.9. The quantitative estimate of drug-likeness (QED) is 0.0529. The smallest absolute Gasteiger partial charge is 0.346 e. The van der Waals surface area contributed by atoms with E-state index in [9.17, 15) is 15.2 Å². The Bertz CT molecular complexity index is 3150. The fourth-order valence-electron chi connectivity index (χ4n) is 12.0. The van der Waals surface area contributed by atoms with Crippen LogP contribution in [0.2, 0.25) is 0 Å². The molecule has 10 rings (SSSR count). The van der Waals surface area contributed by atoms with Crippen molar-refractivity contribution in [1.29, 1.82) is 5.26 Å². The van der Waals surface area contributed by atoms with Gasteiger partial charge in [0.25, 0.3) is 0 Å². The van der Waals surface area contributed by atoms with Crippen molar-refractivity contribution in [3.05, 3.63) is 164 Å². The van der Waals surface area contributed by atoms with Gasteiger partial charge in [-0.05, 0) is 159 Å². The largest absolute Gasteiger partial charge is 0.477 e. The van der Waals surface area contributed by atoms with Crippen LogP contribution < -0.4 is 4.90 Å². The van der Waals surface area contributed by atoms with Gasteiger partial charge in [0, 0.05) is 52.8 Å². The van der Waals surface area contributed by atoms with Gasteiger partial charge >= 0.3 is 5.97 Å². The first kappa shape index (κ1) is 48.6. The third kappa shape index (κ3) is 8.72. The highest BCUT2D eigenvalue weighted by Gasteiger charge is 2.41. The highest BCUT2D eigenvalue weighted by atomic mass is 32.1. The molecule has 0 radical (unpaired) electrons. The van der Waals surface area contributed by atoms with E-state index < -0.39 is 5.97 Å². The standard InChI is InChI=1S/C65H68N2O2S2/c1-9-11-13-15-17-19-41-21-27-48-50-29-23-44(36-55(50)63(3,4)53(48)33-41)67(45-24-30-51-49-28-22-42(20-18-16-14-12-10-2)34-54(49)64(5,6)56(51)37-45)46-25-31-52-57(38-46)65(7,8)58-39-60(71-61(52)58)59-32-26-47(70-59)35-43(40-66)62(68)69/h21-39H,9-20H2,1-8H3,(H,68,69)/b43-35-. The fraction of sp³-hybridized carbons (Fsp3) is 0.354. The lowest BCUT2D eigenvalue weighted by molar-refractivity contribution is -0.132. The summed E-state index contributed by atoms with van der Waals surface area (Å²) in [6.07, 6.45) is 16.7. The number of nitrogens with zero attached hydrogens (tertiary/aromatic N) is 2. The summed E-state index contributed by atoms with van der Waals surface area (Å²) >= 11 is 3.32. The molecule has 6 heteroatoms. The molecule has 0 amide bonds. The van der Waals surface area contributed by atoms with E-state index in [1.165, 1.54) is 159 Å². The first-order chi connectivity index (χ1) is 34.1. The minimum atomic E-state index is -1.21. The number of thiophene rings is 2. The number of carbonyl (C=O) groups is 1. The number of benzene rings is 5. The first-order valence-electron chi connectivity index (χ1n) is 26.3. The van der Waals surface area contributed by atoms with Crippen LogP contribution in [0.15, 0.2) is 115 Å². The first-order valence-corrected chi connectivity index (χ1v) is 27.9. The van der Waals surface area contributed by atoms with Crippen molar-refractivity contribution in [2.45, 2.75) is 149 Å². The van der Waals surface area contributed by atoms with Crippen molar-refractivity contribution >= 4 is 51.8 Å². The predicted molar refractivity (Wildman–Crippen MR) is 301 cm³/mol. The Labute approximate surface area is 430 Å². The monoisotopic (exact) mass is 972 g/mol. The van der Waals surface area contributed by atoms with Crippen molar-refractivity contribution in [3.63, 3.8) is 0 Å². The zero-order chi connectivity index (χ0) is 49.8. The van der Waals surface area contributed by atoms with Gasteiger partial charge in [0.1, 0.15) is 11.6 Å². The van der Waals surface area contributed by atoms with Gasteiger partial charge < -0.3 is 10.0 Å². The molecule has 2 heterocycles. The third-order valence-corrected chi connectivity index (χ3v) is 18.6. The van der Waals surface area contributed by atoms with Crippen LogP contribution in [-0.2, 0) is 33.9 Å². The predicted octanol–water partition coefficient (Wildman–Crippen LogP) is 18.9. The van der Waals surface area contributed by atoms with Crippen LogP contribution in [0.4, 0.5) is 17.1 Å². The van der Waals surface area contributed by atoms with Crippen LogP contribution in [0.25, 0.3) is 48.5 Å². The molecule has 4 nitrogen and oxygen atoms in total. The van der Waals surface area contributed by atoms with Gasteiger partial charge in [-0.25, -0.2) is 4.79 Å². The second-order valence-corrected chi connectivity index (χ2v) is 24.2. The van der Waals surface area contributed by atoms with Gasteiger partial charge in [0.05, 0.1) is 0 Å². The summed E-state index contributed by atoms with van der Waals surface area (Å²) in [5, 5.41) is 18.8. The van der Waals surface area contributed by atoms with Crippen LogP contribution in [0, 0.1) is 11.3 Å². The number of aliphatic carboxylic acids is 1. The van der Waals surface area contributed by atoms with Gasteiger partial charge in [0.2, 0.25) is 0 Å². The molecule has 7 aromatic rings. The molecule has 71 heavy (non-hydrogen) atoms. The Kier molecular flexibility index (Phi) is 13.2. The number of aryl methyl sites for hydroxylation is 2. The zero-order valence-corrected chi connectivity index (χ0v) is 44.7. The van der Waals surface area contributed by atoms with Gasteiger partial charge in [-0.2, -0.15) is 5.26 Å². The molecule has 0 bridgehead atoms. The van der Waals surface area contributed by atoms with E-state index in [0.717, 1.165) is 44.5 Å². The molecule has 3 aliphatic rings. The molecule has 1 N–H and O–H groups in total. The number of fused-ring (bicyclic) bond motifs is 9. The maximum atomic E-state index is 11.6. The van der Waals surface area contributed by atoms with Gasteiger partial charge in [-0.1, -0.05) is 161 Å².